The van der Waals surface area contributed by atoms with Crippen LogP contribution in [0.5, 0.6) is 5.88 Å². The van der Waals surface area contributed by atoms with Crippen molar-refractivity contribution in [1.29, 1.82) is 0 Å². The number of rotatable bonds is 4. The number of sulfonamides is 1. The van der Waals surface area contributed by atoms with Crippen molar-refractivity contribution in [3.05, 3.63) is 48.0 Å². The molecule has 0 amide bonds. The first-order chi connectivity index (χ1) is 14.4. The van der Waals surface area contributed by atoms with Crippen LogP contribution in [0.3, 0.4) is 0 Å². The van der Waals surface area contributed by atoms with Crippen LogP contribution in [-0.2, 0) is 22.7 Å². The van der Waals surface area contributed by atoms with Crippen molar-refractivity contribution < 1.29 is 26.7 Å². The Balaban J connectivity index is 1.97. The number of hydrogen-bond acceptors (Lipinski definition) is 5. The first-order valence-electron chi connectivity index (χ1n) is 8.70. The highest BCUT2D eigenvalue weighted by molar-refractivity contribution is 7.89. The second kappa shape index (κ2) is 8.24. The molecule has 0 saturated carbocycles. The fourth-order valence-electron chi connectivity index (χ4n) is 3.01. The Labute approximate surface area is 180 Å². The van der Waals surface area contributed by atoms with E-state index in [1.54, 1.807) is 6.92 Å². The van der Waals surface area contributed by atoms with Gasteiger partial charge in [0.1, 0.15) is 0 Å². The van der Waals surface area contributed by atoms with Gasteiger partial charge in [-0.25, -0.2) is 13.6 Å². The second-order valence-corrected chi connectivity index (χ2v) is 8.27. The lowest BCUT2D eigenvalue weighted by Gasteiger charge is -2.10. The molecule has 0 aliphatic heterocycles. The Morgan fingerprint density at radius 2 is 1.94 bits per heavy atom. The van der Waals surface area contributed by atoms with E-state index < -0.39 is 27.6 Å². The van der Waals surface area contributed by atoms with E-state index in [0.29, 0.717) is 0 Å². The Morgan fingerprint density at radius 1 is 1.26 bits per heavy atom. The zero-order valence-electron chi connectivity index (χ0n) is 15.9. The minimum Gasteiger partial charge on any atom is -0.493 e. The number of fused-ring (bicyclic) bond motifs is 1. The molecule has 0 saturated heterocycles. The predicted octanol–water partition coefficient (Wildman–Crippen LogP) is 4.51. The molecule has 13 heteroatoms. The number of nitrogens with one attached hydrogen (secondary N) is 1. The van der Waals surface area contributed by atoms with E-state index in [1.807, 2.05) is 0 Å². The molecule has 0 radical (unpaired) electrons. The quantitative estimate of drug-likeness (QED) is 0.382. The molecule has 2 aromatic carbocycles. The molecule has 0 aliphatic rings. The maximum absolute atomic E-state index is 13.4. The Bertz CT molecular complexity index is 1300. The highest BCUT2D eigenvalue weighted by Crippen LogP contribution is 2.44. The number of thiocarbonyl (C=S) groups is 1. The molecule has 0 fully saturated rings. The molecule has 0 unspecified atom stereocenters. The van der Waals surface area contributed by atoms with E-state index in [4.69, 9.17) is 17.4 Å². The number of hydrogen-bond donors (Lipinski definition) is 3. The van der Waals surface area contributed by atoms with Crippen LogP contribution < -0.4 is 10.5 Å². The number of aromatic hydroxyl groups is 1. The Hall–Kier alpha value is -3.03. The molecule has 164 valence electrons. The lowest BCUT2D eigenvalue weighted by atomic mass is 10.1. The van der Waals surface area contributed by atoms with Gasteiger partial charge in [-0.05, 0) is 43.4 Å². The summed E-state index contributed by atoms with van der Waals surface area (Å²) < 4.78 is 64.2. The van der Waals surface area contributed by atoms with Gasteiger partial charge in [0.2, 0.25) is 21.0 Å². The fraction of sp³-hybridized carbons (Fsp3) is 0.167. The number of primary sulfonamides is 1. The summed E-state index contributed by atoms with van der Waals surface area (Å²) in [6.07, 6.45) is -4.63. The van der Waals surface area contributed by atoms with Gasteiger partial charge < -0.3 is 15.0 Å². The van der Waals surface area contributed by atoms with E-state index in [2.05, 4.69) is 15.5 Å². The van der Waals surface area contributed by atoms with Crippen molar-refractivity contribution in [2.45, 2.75) is 24.5 Å². The number of nitrogens with two attached hydrogens (primary N) is 1. The van der Waals surface area contributed by atoms with Crippen LogP contribution in [0.25, 0.3) is 10.9 Å². The zero-order chi connectivity index (χ0) is 23.0. The number of nitrogens with zero attached hydrogens (tertiary/aromatic N) is 3. The van der Waals surface area contributed by atoms with Crippen molar-refractivity contribution in [3.8, 4) is 5.88 Å². The van der Waals surface area contributed by atoms with Gasteiger partial charge in [-0.3, -0.25) is 0 Å². The van der Waals surface area contributed by atoms with Gasteiger partial charge in [-0.2, -0.15) is 13.2 Å². The van der Waals surface area contributed by atoms with Gasteiger partial charge in [-0.15, -0.1) is 10.2 Å². The minimum atomic E-state index is -4.63. The van der Waals surface area contributed by atoms with Crippen molar-refractivity contribution in [2.24, 2.45) is 15.4 Å². The summed E-state index contributed by atoms with van der Waals surface area (Å²) in [6.45, 7) is 1.64. The topological polar surface area (TPSA) is 122 Å². The third kappa shape index (κ3) is 4.68. The lowest BCUT2D eigenvalue weighted by Crippen LogP contribution is -2.13. The third-order valence-electron chi connectivity index (χ3n) is 4.30. The summed E-state index contributed by atoms with van der Waals surface area (Å²) in [6, 6.07) is 8.97. The number of aryl methyl sites for hydroxylation is 1. The predicted molar refractivity (Wildman–Crippen MR) is 113 cm³/mol. The summed E-state index contributed by atoms with van der Waals surface area (Å²) in [5.41, 5.74) is -1.05. The molecular formula is C18H16F3N5O3S2. The minimum absolute atomic E-state index is 0.0527. The van der Waals surface area contributed by atoms with E-state index in [0.717, 1.165) is 10.6 Å². The molecule has 3 aromatic rings. The molecule has 1 aromatic heterocycles. The van der Waals surface area contributed by atoms with E-state index in [1.165, 1.54) is 36.4 Å². The summed E-state index contributed by atoms with van der Waals surface area (Å²) in [7, 11) is -3.93. The molecule has 8 nitrogen and oxygen atoms in total. The van der Waals surface area contributed by atoms with Gasteiger partial charge in [0, 0.05) is 17.6 Å². The van der Waals surface area contributed by atoms with Crippen LogP contribution in [0, 0.1) is 0 Å². The highest BCUT2D eigenvalue weighted by atomic mass is 32.2. The van der Waals surface area contributed by atoms with Crippen LogP contribution in [0.1, 0.15) is 12.5 Å². The zero-order valence-corrected chi connectivity index (χ0v) is 17.5. The van der Waals surface area contributed by atoms with Crippen LogP contribution in [0.2, 0.25) is 0 Å². The number of anilines is 1. The Morgan fingerprint density at radius 3 is 2.55 bits per heavy atom. The molecule has 4 N–H and O–H groups in total. The number of azo groups is 1. The van der Waals surface area contributed by atoms with Gasteiger partial charge >= 0.3 is 6.18 Å². The summed E-state index contributed by atoms with van der Waals surface area (Å²) >= 11 is 5.04. The molecule has 1 heterocycles. The highest BCUT2D eigenvalue weighted by Gasteiger charge is 2.35. The largest absolute Gasteiger partial charge is 0.493 e. The van der Waals surface area contributed by atoms with Gasteiger partial charge in [-0.1, -0.05) is 18.2 Å². The van der Waals surface area contributed by atoms with Gasteiger partial charge in [0.05, 0.1) is 16.0 Å². The maximum Gasteiger partial charge on any atom is 0.418 e. The Kier molecular flexibility index (Phi) is 6.02. The first kappa shape index (κ1) is 22.7. The first-order valence-corrected chi connectivity index (χ1v) is 10.7. The number of alkyl halides is 3. The third-order valence-corrected chi connectivity index (χ3v) is 5.40. The maximum atomic E-state index is 13.4. The molecule has 3 rings (SSSR count). The van der Waals surface area contributed by atoms with Crippen LogP contribution in [0.4, 0.5) is 24.5 Å². The van der Waals surface area contributed by atoms with Crippen molar-refractivity contribution in [2.75, 3.05) is 5.32 Å². The molecular weight excluding hydrogens is 455 g/mol. The SMILES string of the molecule is CCn1c(O)c(N=NC(=S)Nc2cccc(S(N)(=O)=O)c2)c2cccc(C(F)(F)F)c21. The van der Waals surface area contributed by atoms with E-state index >= 15 is 0 Å². The molecule has 0 bridgehead atoms. The van der Waals surface area contributed by atoms with E-state index in [-0.39, 0.29) is 38.8 Å². The molecule has 0 aliphatic carbocycles. The molecule has 0 atom stereocenters. The number of benzene rings is 2. The van der Waals surface area contributed by atoms with Crippen molar-refractivity contribution in [1.82, 2.24) is 4.57 Å². The number of para-hydroxylation sites is 1. The second-order valence-electron chi connectivity index (χ2n) is 6.32. The average Bonchev–Trinajstić information content (AvgIpc) is 2.95. The summed E-state index contributed by atoms with van der Waals surface area (Å²) in [5, 5.41) is 25.6. The fourth-order valence-corrected chi connectivity index (χ4v) is 3.73. The van der Waals surface area contributed by atoms with Crippen molar-refractivity contribution in [3.63, 3.8) is 0 Å². The van der Waals surface area contributed by atoms with E-state index in [9.17, 15) is 26.7 Å². The summed E-state index contributed by atoms with van der Waals surface area (Å²) in [5.74, 6) is -0.489. The van der Waals surface area contributed by atoms with Gasteiger partial charge in [0.15, 0.2) is 5.69 Å². The van der Waals surface area contributed by atoms with Crippen molar-refractivity contribution >= 4 is 49.6 Å². The normalized spacial score (nSPS) is 12.5. The number of halogens is 3. The monoisotopic (exact) mass is 471 g/mol. The molecule has 0 spiro atoms. The van der Waals surface area contributed by atoms with Crippen LogP contribution in [0.15, 0.2) is 57.6 Å². The molecule has 31 heavy (non-hydrogen) atoms. The number of aromatic nitrogens is 1. The lowest BCUT2D eigenvalue weighted by molar-refractivity contribution is -0.136. The van der Waals surface area contributed by atoms with Crippen LogP contribution in [-0.4, -0.2) is 23.2 Å². The van der Waals surface area contributed by atoms with Crippen LogP contribution >= 0.6 is 12.2 Å². The smallest absolute Gasteiger partial charge is 0.418 e. The standard InChI is InChI=1S/C18H16F3N5O3S2/c1-2-26-15-12(7-4-8-13(15)18(19,20)21)14(16(26)27)24-25-17(30)23-10-5-3-6-11(9-10)31(22,28)29/h3-9,27H,2H2,1H3,(H,23,30)(H2,22,28,29). The summed E-state index contributed by atoms with van der Waals surface area (Å²) in [4.78, 5) is -0.152. The average molecular weight is 471 g/mol. The van der Waals surface area contributed by atoms with Gasteiger partial charge in [0.25, 0.3) is 0 Å².